The number of benzene rings is 3. The van der Waals surface area contributed by atoms with E-state index in [4.69, 9.17) is 24.8 Å². The summed E-state index contributed by atoms with van der Waals surface area (Å²) >= 11 is 5.75. The molecule has 9 nitrogen and oxygen atoms in total. The fraction of sp³-hybridized carbons (Fsp3) is 0.368. The van der Waals surface area contributed by atoms with Crippen molar-refractivity contribution in [2.45, 2.75) is 117 Å². The number of anilines is 4. The Labute approximate surface area is 417 Å². The number of allylic oxidation sites excluding steroid dienone is 1. The van der Waals surface area contributed by atoms with E-state index in [-0.39, 0.29) is 17.6 Å². The van der Waals surface area contributed by atoms with Gasteiger partial charge in [-0.1, -0.05) is 76.5 Å². The monoisotopic (exact) mass is 957 g/mol. The number of nitrogens with zero attached hydrogens (tertiary/aromatic N) is 7. The van der Waals surface area contributed by atoms with Gasteiger partial charge in [-0.3, -0.25) is 9.58 Å². The minimum atomic E-state index is -2.63. The molecule has 361 valence electrons. The summed E-state index contributed by atoms with van der Waals surface area (Å²) in [5.74, 6) is 0.935. The van der Waals surface area contributed by atoms with E-state index in [2.05, 4.69) is 111 Å². The van der Waals surface area contributed by atoms with Gasteiger partial charge in [-0.25, -0.2) is 13.8 Å². The van der Waals surface area contributed by atoms with Gasteiger partial charge < -0.3 is 24.5 Å². The van der Waals surface area contributed by atoms with E-state index in [0.717, 1.165) is 167 Å². The van der Waals surface area contributed by atoms with Crippen LogP contribution in [-0.4, -0.2) is 66.2 Å². The molecule has 7 heterocycles. The first-order valence-corrected chi connectivity index (χ1v) is 25.3. The number of hydrogen-bond donors (Lipinski definition) is 2. The molecule has 0 bridgehead atoms. The molecule has 2 saturated heterocycles. The predicted molar refractivity (Wildman–Crippen MR) is 292 cm³/mol. The van der Waals surface area contributed by atoms with E-state index in [1.165, 1.54) is 16.8 Å². The van der Waals surface area contributed by atoms with Crippen LogP contribution in [0, 0.1) is 6.92 Å². The molecule has 1 atom stereocenters. The first kappa shape index (κ1) is 48.8. The second-order valence-electron chi connectivity index (χ2n) is 19.5. The summed E-state index contributed by atoms with van der Waals surface area (Å²) in [4.78, 5) is 10.0. The van der Waals surface area contributed by atoms with Crippen LogP contribution in [0.15, 0.2) is 91.5 Å². The Morgan fingerprint density at radius 3 is 2.41 bits per heavy atom. The molecular weight excluding hydrogens is 892 g/mol. The molecule has 0 aliphatic carbocycles. The molecule has 3 aromatic carbocycles. The van der Waals surface area contributed by atoms with E-state index in [1.807, 2.05) is 49.7 Å². The van der Waals surface area contributed by atoms with Crippen LogP contribution in [0.25, 0.3) is 40.7 Å². The molecule has 10 rings (SSSR count). The SMILES string of the molecule is C=C1CCC(n2c(=C)c3cccc(Nc4ccc(CN5CCC(n6nc(N7CCCc8cc(-c9cc%10nccn%10cc9C)c(C(F)F)cc87)c(CC)c6CCC)CC5)cc4)c3c2=C)C(=S)N1.[B]=C(C)C. The normalized spacial score (nSPS) is 16.7. The van der Waals surface area contributed by atoms with Gasteiger partial charge in [0.1, 0.15) is 10.6 Å². The van der Waals surface area contributed by atoms with Crippen molar-refractivity contribution >= 4 is 82.6 Å². The number of pyridine rings is 1. The molecule has 4 aromatic heterocycles. The van der Waals surface area contributed by atoms with Crippen LogP contribution in [0.1, 0.15) is 118 Å². The third-order valence-electron chi connectivity index (χ3n) is 14.2. The third kappa shape index (κ3) is 9.67. The zero-order chi connectivity index (χ0) is 49.4. The summed E-state index contributed by atoms with van der Waals surface area (Å²) in [5, 5.41) is 16.4. The molecule has 0 amide bonds. The Morgan fingerprint density at radius 1 is 0.957 bits per heavy atom. The van der Waals surface area contributed by atoms with Crippen molar-refractivity contribution in [2.75, 3.05) is 29.9 Å². The molecule has 1 unspecified atom stereocenters. The van der Waals surface area contributed by atoms with Crippen LogP contribution in [-0.2, 0) is 25.8 Å². The molecule has 3 aliphatic rings. The van der Waals surface area contributed by atoms with Gasteiger partial charge in [0.05, 0.1) is 12.1 Å². The van der Waals surface area contributed by atoms with Crippen LogP contribution in [0.4, 0.5) is 31.7 Å². The van der Waals surface area contributed by atoms with Gasteiger partial charge in [0, 0.05) is 106 Å². The van der Waals surface area contributed by atoms with Gasteiger partial charge >= 0.3 is 26.8 Å². The van der Waals surface area contributed by atoms with Gasteiger partial charge in [0.25, 0.3) is 6.43 Å². The van der Waals surface area contributed by atoms with Crippen LogP contribution in [0.5, 0.6) is 0 Å². The van der Waals surface area contributed by atoms with Crippen molar-refractivity contribution in [1.82, 2.24) is 33.9 Å². The zero-order valence-corrected chi connectivity index (χ0v) is 42.2. The van der Waals surface area contributed by atoms with Gasteiger partial charge in [0.15, 0.2) is 5.82 Å². The number of rotatable bonds is 12. The molecule has 0 spiro atoms. The van der Waals surface area contributed by atoms with E-state index < -0.39 is 6.43 Å². The fourth-order valence-electron chi connectivity index (χ4n) is 10.9. The maximum atomic E-state index is 15.1. The van der Waals surface area contributed by atoms with Crippen molar-refractivity contribution in [1.29, 1.82) is 0 Å². The third-order valence-corrected chi connectivity index (χ3v) is 14.6. The summed E-state index contributed by atoms with van der Waals surface area (Å²) < 4.78 is 36.6. The van der Waals surface area contributed by atoms with E-state index in [9.17, 15) is 0 Å². The van der Waals surface area contributed by atoms with Gasteiger partial charge in [-0.15, -0.1) is 0 Å². The number of aromatic nitrogens is 5. The van der Waals surface area contributed by atoms with Gasteiger partial charge in [-0.05, 0) is 123 Å². The Hall–Kier alpha value is -6.18. The van der Waals surface area contributed by atoms with Crippen LogP contribution in [0.3, 0.4) is 0 Å². The molecule has 7 aromatic rings. The Morgan fingerprint density at radius 2 is 1.71 bits per heavy atom. The van der Waals surface area contributed by atoms with Crippen molar-refractivity contribution in [2.24, 2.45) is 0 Å². The Balaban J connectivity index is 0.00000147. The van der Waals surface area contributed by atoms with Crippen LogP contribution >= 0.6 is 12.2 Å². The number of hydrogen-bond acceptors (Lipinski definition) is 6. The number of fused-ring (bicyclic) bond motifs is 3. The van der Waals surface area contributed by atoms with Crippen molar-refractivity contribution in [3.63, 3.8) is 0 Å². The van der Waals surface area contributed by atoms with Crippen LogP contribution in [0.2, 0.25) is 0 Å². The number of thiocarbonyl (C=S) groups is 1. The number of likely N-dealkylation sites (tertiary alicyclic amines) is 1. The molecule has 0 saturated carbocycles. The number of halogens is 2. The first-order chi connectivity index (χ1) is 33.7. The molecule has 3 aliphatic heterocycles. The standard InChI is InChI=1S/C54H59F2N9S.C3H6B/c1-7-11-47-41(8-2)53(63-24-10-12-38-28-44(45(52(55)56)29-49(38)63)43-30-50-57-23-27-62(50)31-33(43)3)60-65(47)40-21-25-61(26-22-40)32-37-16-18-39(19-17-37)59-46-14-9-13-42-35(5)64(36(6)51(42)46)48-20-15-34(4)58-54(48)66;1-3(2)4/h9,13-14,16-19,23,27-31,40,48,52,59H,4-8,10-12,15,20-22,24-26,32H2,1-3H3,(H,58,66);1-2H3. The van der Waals surface area contributed by atoms with E-state index in [1.54, 1.807) is 12.3 Å². The molecular formula is C57H65BF2N9S. The summed E-state index contributed by atoms with van der Waals surface area (Å²) in [7, 11) is 5.03. The predicted octanol–water partition coefficient (Wildman–Crippen LogP) is 11.5. The summed E-state index contributed by atoms with van der Waals surface area (Å²) in [6.45, 7) is 26.8. The van der Waals surface area contributed by atoms with Crippen LogP contribution < -0.4 is 26.2 Å². The van der Waals surface area contributed by atoms with E-state index in [0.29, 0.717) is 5.56 Å². The molecule has 13 heteroatoms. The van der Waals surface area contributed by atoms with Gasteiger partial charge in [-0.2, -0.15) is 5.10 Å². The number of nitrogens with one attached hydrogen (secondary N) is 2. The first-order valence-electron chi connectivity index (χ1n) is 24.9. The zero-order valence-electron chi connectivity index (χ0n) is 41.4. The summed E-state index contributed by atoms with van der Waals surface area (Å²) in [6.07, 6.45) is 11.2. The average molecular weight is 957 g/mol. The maximum absolute atomic E-state index is 15.1. The average Bonchev–Trinajstić information content (AvgIpc) is 4.02. The molecule has 70 heavy (non-hydrogen) atoms. The van der Waals surface area contributed by atoms with Crippen molar-refractivity contribution in [3.8, 4) is 11.1 Å². The molecule has 2 N–H and O–H groups in total. The molecule has 1 radical (unpaired) electrons. The Bertz CT molecular complexity index is 3210. The number of aryl methyl sites for hydroxylation is 2. The summed E-state index contributed by atoms with van der Waals surface area (Å²) in [5.41, 5.74) is 12.8. The Kier molecular flexibility index (Phi) is 14.4. The number of piperidine rings is 2. The fourth-order valence-corrected chi connectivity index (χ4v) is 11.3. The summed E-state index contributed by atoms with van der Waals surface area (Å²) in [6, 6.07) is 21.0. The quantitative estimate of drug-likeness (QED) is 0.0934. The topological polar surface area (TPSA) is 70.6 Å². The second-order valence-corrected chi connectivity index (χ2v) is 20.0. The second kappa shape index (κ2) is 20.7. The van der Waals surface area contributed by atoms with Crippen molar-refractivity contribution < 1.29 is 8.78 Å². The van der Waals surface area contributed by atoms with E-state index >= 15 is 8.78 Å². The number of alkyl halides is 2. The van der Waals surface area contributed by atoms with Crippen molar-refractivity contribution in [3.05, 3.63) is 136 Å². The molecule has 2 fully saturated rings. The van der Waals surface area contributed by atoms with Gasteiger partial charge in [0.2, 0.25) is 0 Å². The minimum absolute atomic E-state index is 0.00170. The number of imidazole rings is 1.